The first-order valence-corrected chi connectivity index (χ1v) is 7.44. The Kier molecular flexibility index (Phi) is 5.20. The molecule has 1 aliphatic heterocycles. The summed E-state index contributed by atoms with van der Waals surface area (Å²) in [6.45, 7) is 4.02. The SMILES string of the molecule is CC(C)N1CCC(NC(=O)c2cccc(OCC(=O)O)c2)C1=O. The van der Waals surface area contributed by atoms with Crippen LogP contribution in [-0.2, 0) is 9.59 Å². The molecule has 0 aromatic heterocycles. The van der Waals surface area contributed by atoms with Crippen LogP contribution < -0.4 is 10.1 Å². The van der Waals surface area contributed by atoms with Crippen LogP contribution in [0.5, 0.6) is 5.75 Å². The lowest BCUT2D eigenvalue weighted by atomic mass is 10.1. The molecule has 0 saturated carbocycles. The van der Waals surface area contributed by atoms with Gasteiger partial charge in [-0.1, -0.05) is 6.07 Å². The van der Waals surface area contributed by atoms with Crippen LogP contribution in [-0.4, -0.2) is 53.0 Å². The van der Waals surface area contributed by atoms with Crippen LogP contribution in [0.3, 0.4) is 0 Å². The van der Waals surface area contributed by atoms with E-state index in [9.17, 15) is 14.4 Å². The molecular weight excluding hydrogens is 300 g/mol. The molecule has 1 aromatic rings. The Morgan fingerprint density at radius 1 is 1.43 bits per heavy atom. The van der Waals surface area contributed by atoms with Crippen molar-refractivity contribution in [1.82, 2.24) is 10.2 Å². The molecule has 2 rings (SSSR count). The van der Waals surface area contributed by atoms with Crippen molar-refractivity contribution in [1.29, 1.82) is 0 Å². The quantitative estimate of drug-likeness (QED) is 0.811. The molecule has 1 unspecified atom stereocenters. The zero-order valence-electron chi connectivity index (χ0n) is 13.1. The minimum atomic E-state index is -1.09. The van der Waals surface area contributed by atoms with Gasteiger partial charge in [-0.15, -0.1) is 0 Å². The maximum atomic E-state index is 12.3. The maximum absolute atomic E-state index is 12.3. The van der Waals surface area contributed by atoms with E-state index in [1.54, 1.807) is 23.1 Å². The van der Waals surface area contributed by atoms with Crippen molar-refractivity contribution < 1.29 is 24.2 Å². The minimum Gasteiger partial charge on any atom is -0.482 e. The number of rotatable bonds is 6. The first-order chi connectivity index (χ1) is 10.9. The smallest absolute Gasteiger partial charge is 0.341 e. The first kappa shape index (κ1) is 16.8. The minimum absolute atomic E-state index is 0.0772. The normalized spacial score (nSPS) is 17.4. The van der Waals surface area contributed by atoms with Gasteiger partial charge in [-0.25, -0.2) is 4.79 Å². The predicted octanol–water partition coefficient (Wildman–Crippen LogP) is 0.889. The molecule has 1 aliphatic rings. The third-order valence-corrected chi connectivity index (χ3v) is 3.63. The molecular formula is C16H20N2O5. The van der Waals surface area contributed by atoms with Gasteiger partial charge in [0.2, 0.25) is 5.91 Å². The van der Waals surface area contributed by atoms with Crippen molar-refractivity contribution in [2.75, 3.05) is 13.2 Å². The molecule has 1 heterocycles. The zero-order chi connectivity index (χ0) is 17.0. The van der Waals surface area contributed by atoms with E-state index < -0.39 is 18.6 Å². The lowest BCUT2D eigenvalue weighted by molar-refractivity contribution is -0.139. The number of hydrogen-bond donors (Lipinski definition) is 2. The highest BCUT2D eigenvalue weighted by molar-refractivity contribution is 5.98. The van der Waals surface area contributed by atoms with Crippen LogP contribution in [0.15, 0.2) is 24.3 Å². The Morgan fingerprint density at radius 3 is 2.78 bits per heavy atom. The van der Waals surface area contributed by atoms with Crippen molar-refractivity contribution in [2.45, 2.75) is 32.4 Å². The third kappa shape index (κ3) is 4.21. The van der Waals surface area contributed by atoms with Crippen molar-refractivity contribution >= 4 is 17.8 Å². The van der Waals surface area contributed by atoms with Crippen LogP contribution in [0.4, 0.5) is 0 Å². The lowest BCUT2D eigenvalue weighted by Gasteiger charge is -2.21. The summed E-state index contributed by atoms with van der Waals surface area (Å²) in [5.41, 5.74) is 0.323. The Balaban J connectivity index is 2.00. The molecule has 7 nitrogen and oxygen atoms in total. The van der Waals surface area contributed by atoms with Gasteiger partial charge < -0.3 is 20.1 Å². The standard InChI is InChI=1S/C16H20N2O5/c1-10(2)18-7-6-13(16(18)22)17-15(21)11-4-3-5-12(8-11)23-9-14(19)20/h3-5,8,10,13H,6-7,9H2,1-2H3,(H,17,21)(H,19,20). The highest BCUT2D eigenvalue weighted by Crippen LogP contribution is 2.17. The molecule has 0 radical (unpaired) electrons. The molecule has 0 bridgehead atoms. The molecule has 1 fully saturated rings. The number of likely N-dealkylation sites (tertiary alicyclic amines) is 1. The lowest BCUT2D eigenvalue weighted by Crippen LogP contribution is -2.43. The molecule has 2 N–H and O–H groups in total. The van der Waals surface area contributed by atoms with Crippen molar-refractivity contribution in [3.05, 3.63) is 29.8 Å². The molecule has 124 valence electrons. The second-order valence-corrected chi connectivity index (χ2v) is 5.65. The van der Waals surface area contributed by atoms with Gasteiger partial charge in [0.05, 0.1) is 0 Å². The number of benzene rings is 1. The van der Waals surface area contributed by atoms with Crippen molar-refractivity contribution in [3.8, 4) is 5.75 Å². The van der Waals surface area contributed by atoms with Gasteiger partial charge in [0.25, 0.3) is 5.91 Å². The summed E-state index contributed by atoms with van der Waals surface area (Å²) in [6.07, 6.45) is 0.581. The number of carbonyl (C=O) groups is 3. The van der Waals surface area contributed by atoms with Gasteiger partial charge in [0.15, 0.2) is 6.61 Å². The van der Waals surface area contributed by atoms with Gasteiger partial charge in [-0.05, 0) is 38.5 Å². The van der Waals surface area contributed by atoms with Gasteiger partial charge in [0.1, 0.15) is 11.8 Å². The largest absolute Gasteiger partial charge is 0.482 e. The fourth-order valence-electron chi connectivity index (χ4n) is 2.46. The third-order valence-electron chi connectivity index (χ3n) is 3.63. The monoisotopic (exact) mass is 320 g/mol. The number of amides is 2. The molecule has 1 aromatic carbocycles. The first-order valence-electron chi connectivity index (χ1n) is 7.44. The average molecular weight is 320 g/mol. The molecule has 1 saturated heterocycles. The van der Waals surface area contributed by atoms with E-state index in [0.717, 1.165) is 0 Å². The topological polar surface area (TPSA) is 95.9 Å². The molecule has 2 amide bonds. The van der Waals surface area contributed by atoms with Crippen LogP contribution in [0.25, 0.3) is 0 Å². The Labute approximate surface area is 134 Å². The highest BCUT2D eigenvalue weighted by Gasteiger charge is 2.34. The number of nitrogens with one attached hydrogen (secondary N) is 1. The van der Waals surface area contributed by atoms with Gasteiger partial charge in [-0.3, -0.25) is 9.59 Å². The summed E-state index contributed by atoms with van der Waals surface area (Å²) in [4.78, 5) is 36.7. The fourth-order valence-corrected chi connectivity index (χ4v) is 2.46. The number of ether oxygens (including phenoxy) is 1. The zero-order valence-corrected chi connectivity index (χ0v) is 13.1. The number of nitrogens with zero attached hydrogens (tertiary/aromatic N) is 1. The second kappa shape index (κ2) is 7.13. The molecule has 1 atom stereocenters. The number of aliphatic carboxylic acids is 1. The van der Waals surface area contributed by atoms with Crippen molar-refractivity contribution in [2.24, 2.45) is 0 Å². The van der Waals surface area contributed by atoms with E-state index in [-0.39, 0.29) is 17.9 Å². The summed E-state index contributed by atoms with van der Waals surface area (Å²) in [6, 6.07) is 5.80. The second-order valence-electron chi connectivity index (χ2n) is 5.65. The van der Waals surface area contributed by atoms with E-state index in [0.29, 0.717) is 24.3 Å². The van der Waals surface area contributed by atoms with Gasteiger partial charge >= 0.3 is 5.97 Å². The van der Waals surface area contributed by atoms with Crippen molar-refractivity contribution in [3.63, 3.8) is 0 Å². The molecule has 0 spiro atoms. The highest BCUT2D eigenvalue weighted by atomic mass is 16.5. The average Bonchev–Trinajstić information content (AvgIpc) is 2.86. The fraction of sp³-hybridized carbons (Fsp3) is 0.438. The summed E-state index contributed by atoms with van der Waals surface area (Å²) >= 11 is 0. The molecule has 23 heavy (non-hydrogen) atoms. The van der Waals surface area contributed by atoms with E-state index in [1.807, 2.05) is 13.8 Å². The number of hydrogen-bond acceptors (Lipinski definition) is 4. The number of carbonyl (C=O) groups excluding carboxylic acids is 2. The Morgan fingerprint density at radius 2 is 2.17 bits per heavy atom. The van der Waals surface area contributed by atoms with E-state index in [1.165, 1.54) is 6.07 Å². The summed E-state index contributed by atoms with van der Waals surface area (Å²) in [5, 5.41) is 11.3. The molecule has 7 heteroatoms. The number of carboxylic acid groups (broad SMARTS) is 1. The van der Waals surface area contributed by atoms with E-state index in [4.69, 9.17) is 9.84 Å². The summed E-state index contributed by atoms with van der Waals surface area (Å²) in [5.74, 6) is -1.26. The van der Waals surface area contributed by atoms with E-state index in [2.05, 4.69) is 5.32 Å². The van der Waals surface area contributed by atoms with E-state index >= 15 is 0 Å². The Bertz CT molecular complexity index is 614. The van der Waals surface area contributed by atoms with Gasteiger partial charge in [0, 0.05) is 18.2 Å². The predicted molar refractivity (Wildman–Crippen MR) is 82.3 cm³/mol. The molecule has 0 aliphatic carbocycles. The number of carboxylic acids is 1. The van der Waals surface area contributed by atoms with Crippen LogP contribution in [0.2, 0.25) is 0 Å². The summed E-state index contributed by atoms with van der Waals surface area (Å²) in [7, 11) is 0. The van der Waals surface area contributed by atoms with Crippen LogP contribution >= 0.6 is 0 Å². The van der Waals surface area contributed by atoms with Crippen LogP contribution in [0.1, 0.15) is 30.6 Å². The maximum Gasteiger partial charge on any atom is 0.341 e. The summed E-state index contributed by atoms with van der Waals surface area (Å²) < 4.78 is 5.04. The Hall–Kier alpha value is -2.57. The van der Waals surface area contributed by atoms with Crippen LogP contribution in [0, 0.1) is 0 Å². The van der Waals surface area contributed by atoms with Gasteiger partial charge in [-0.2, -0.15) is 0 Å².